The highest BCUT2D eigenvalue weighted by molar-refractivity contribution is 5.97. The van der Waals surface area contributed by atoms with Crippen LogP contribution in [0.25, 0.3) is 0 Å². The van der Waals surface area contributed by atoms with Crippen LogP contribution >= 0.6 is 0 Å². The van der Waals surface area contributed by atoms with Crippen LogP contribution in [0, 0.1) is 11.8 Å². The van der Waals surface area contributed by atoms with Crippen LogP contribution in [0.15, 0.2) is 18.2 Å². The molecule has 0 aromatic heterocycles. The summed E-state index contributed by atoms with van der Waals surface area (Å²) in [5, 5.41) is 2.70. The van der Waals surface area contributed by atoms with Crippen molar-refractivity contribution < 1.29 is 23.1 Å². The first-order valence-electron chi connectivity index (χ1n) is 11.5. The number of carbonyl (C=O) groups is 2. The average Bonchev–Trinajstić information content (AvgIpc) is 3.55. The third kappa shape index (κ3) is 5.44. The van der Waals surface area contributed by atoms with E-state index in [-0.39, 0.29) is 36.2 Å². The first-order valence-corrected chi connectivity index (χ1v) is 11.5. The Morgan fingerprint density at radius 3 is 2.50 bits per heavy atom. The van der Waals surface area contributed by atoms with Crippen LogP contribution in [0.4, 0.5) is 20.2 Å². The van der Waals surface area contributed by atoms with Gasteiger partial charge in [-0.15, -0.1) is 0 Å². The first-order chi connectivity index (χ1) is 15.5. The third-order valence-corrected chi connectivity index (χ3v) is 6.70. The fourth-order valence-corrected chi connectivity index (χ4v) is 4.41. The summed E-state index contributed by atoms with van der Waals surface area (Å²) in [6.45, 7) is 2.37. The van der Waals surface area contributed by atoms with E-state index < -0.39 is 12.5 Å². The number of anilines is 2. The number of hydrogen-bond donors (Lipinski definition) is 2. The zero-order valence-electron chi connectivity index (χ0n) is 18.3. The second-order valence-corrected chi connectivity index (χ2v) is 9.11. The summed E-state index contributed by atoms with van der Waals surface area (Å²) in [5.74, 6) is 0.546. The van der Waals surface area contributed by atoms with E-state index in [1.807, 2.05) is 0 Å². The van der Waals surface area contributed by atoms with Crippen molar-refractivity contribution in [2.24, 2.45) is 17.6 Å². The monoisotopic (exact) mass is 450 g/mol. The lowest BCUT2D eigenvalue weighted by atomic mass is 9.84. The molecule has 2 amide bonds. The standard InChI is InChI=1S/C23H32F2N4O3/c24-22(25)18-10-17(29-8-9-32-14-21(29)30)6-7-19(18)27-23(31)20(11-26)28(13-16-4-5-16)12-15-2-1-3-15/h6-7,10,15-16,20,22H,1-5,8-9,11-14,26H2,(H,27,31)/t20-/m1/s1. The van der Waals surface area contributed by atoms with Gasteiger partial charge in [0.15, 0.2) is 0 Å². The van der Waals surface area contributed by atoms with Gasteiger partial charge in [0, 0.05) is 43.1 Å². The molecule has 3 N–H and O–H groups in total. The minimum absolute atomic E-state index is 0.0583. The number of rotatable bonds is 10. The van der Waals surface area contributed by atoms with E-state index in [0.29, 0.717) is 30.7 Å². The van der Waals surface area contributed by atoms with Gasteiger partial charge < -0.3 is 20.7 Å². The summed E-state index contributed by atoms with van der Waals surface area (Å²) in [6, 6.07) is 3.75. The van der Waals surface area contributed by atoms with Gasteiger partial charge in [-0.3, -0.25) is 14.5 Å². The molecular weight excluding hydrogens is 418 g/mol. The van der Waals surface area contributed by atoms with Crippen LogP contribution in [0.5, 0.6) is 0 Å². The average molecular weight is 451 g/mol. The predicted octanol–water partition coefficient (Wildman–Crippen LogP) is 2.77. The highest BCUT2D eigenvalue weighted by Gasteiger charge is 2.34. The van der Waals surface area contributed by atoms with E-state index in [9.17, 15) is 18.4 Å². The summed E-state index contributed by atoms with van der Waals surface area (Å²) in [7, 11) is 0. The Labute approximate surface area is 187 Å². The number of nitrogens with zero attached hydrogens (tertiary/aromatic N) is 2. The molecule has 1 aromatic rings. The van der Waals surface area contributed by atoms with Crippen molar-refractivity contribution >= 4 is 23.2 Å². The van der Waals surface area contributed by atoms with Crippen molar-refractivity contribution in [1.82, 2.24) is 4.90 Å². The Balaban J connectivity index is 1.50. The zero-order chi connectivity index (χ0) is 22.7. The molecule has 32 heavy (non-hydrogen) atoms. The maximum Gasteiger partial charge on any atom is 0.265 e. The minimum atomic E-state index is -2.80. The molecule has 1 heterocycles. The maximum absolute atomic E-state index is 13.9. The van der Waals surface area contributed by atoms with E-state index in [0.717, 1.165) is 38.8 Å². The number of carbonyl (C=O) groups excluding carboxylic acids is 2. The topological polar surface area (TPSA) is 87.9 Å². The van der Waals surface area contributed by atoms with Gasteiger partial charge in [-0.25, -0.2) is 8.78 Å². The summed E-state index contributed by atoms with van der Waals surface area (Å²) >= 11 is 0. The van der Waals surface area contributed by atoms with Crippen LogP contribution in [-0.4, -0.2) is 62.1 Å². The molecule has 0 bridgehead atoms. The largest absolute Gasteiger partial charge is 0.370 e. The molecule has 1 saturated heterocycles. The van der Waals surface area contributed by atoms with Crippen LogP contribution in [0.3, 0.4) is 0 Å². The smallest absolute Gasteiger partial charge is 0.265 e. The lowest BCUT2D eigenvalue weighted by molar-refractivity contribution is -0.125. The molecule has 1 aliphatic heterocycles. The van der Waals surface area contributed by atoms with Crippen molar-refractivity contribution in [3.05, 3.63) is 23.8 Å². The summed E-state index contributed by atoms with van der Waals surface area (Å²) in [5.41, 5.74) is 6.12. The van der Waals surface area contributed by atoms with E-state index in [1.54, 1.807) is 6.07 Å². The number of nitrogens with two attached hydrogens (primary N) is 1. The Morgan fingerprint density at radius 1 is 1.22 bits per heavy atom. The van der Waals surface area contributed by atoms with E-state index in [1.165, 1.54) is 23.5 Å². The van der Waals surface area contributed by atoms with Crippen molar-refractivity contribution in [1.29, 1.82) is 0 Å². The summed E-state index contributed by atoms with van der Waals surface area (Å²) in [4.78, 5) is 28.8. The SMILES string of the molecule is NC[C@H](C(=O)Nc1ccc(N2CCOCC2=O)cc1C(F)F)N(CC1CCC1)CC1CC1. The van der Waals surface area contributed by atoms with E-state index in [4.69, 9.17) is 10.5 Å². The molecule has 1 aromatic carbocycles. The van der Waals surface area contributed by atoms with Crippen LogP contribution in [0.1, 0.15) is 44.1 Å². The third-order valence-electron chi connectivity index (χ3n) is 6.70. The molecule has 0 spiro atoms. The first kappa shape index (κ1) is 23.1. The van der Waals surface area contributed by atoms with Gasteiger partial charge in [-0.2, -0.15) is 0 Å². The number of amides is 2. The van der Waals surface area contributed by atoms with Crippen molar-refractivity contribution in [3.63, 3.8) is 0 Å². The molecule has 3 aliphatic rings. The fraction of sp³-hybridized carbons (Fsp3) is 0.652. The highest BCUT2D eigenvalue weighted by Crippen LogP contribution is 2.34. The molecule has 1 atom stereocenters. The molecule has 2 saturated carbocycles. The van der Waals surface area contributed by atoms with Crippen molar-refractivity contribution in [2.45, 2.75) is 44.6 Å². The number of halogens is 2. The Bertz CT molecular complexity index is 829. The second kappa shape index (κ2) is 10.2. The van der Waals surface area contributed by atoms with Crippen LogP contribution in [0.2, 0.25) is 0 Å². The zero-order valence-corrected chi connectivity index (χ0v) is 18.3. The fourth-order valence-electron chi connectivity index (χ4n) is 4.41. The van der Waals surface area contributed by atoms with Gasteiger partial charge in [0.2, 0.25) is 5.91 Å². The molecular formula is C23H32F2N4O3. The number of nitrogens with one attached hydrogen (secondary N) is 1. The lowest BCUT2D eigenvalue weighted by Gasteiger charge is -2.36. The number of alkyl halides is 2. The number of benzene rings is 1. The van der Waals surface area contributed by atoms with Gasteiger partial charge in [0.1, 0.15) is 12.6 Å². The van der Waals surface area contributed by atoms with Gasteiger partial charge in [-0.1, -0.05) is 6.42 Å². The minimum Gasteiger partial charge on any atom is -0.370 e. The number of hydrogen-bond acceptors (Lipinski definition) is 5. The normalized spacial score (nSPS) is 20.5. The van der Waals surface area contributed by atoms with Gasteiger partial charge in [0.05, 0.1) is 6.61 Å². The second-order valence-electron chi connectivity index (χ2n) is 9.11. The Morgan fingerprint density at radius 2 is 1.94 bits per heavy atom. The molecule has 0 radical (unpaired) electrons. The van der Waals surface area contributed by atoms with Gasteiger partial charge in [-0.05, 0) is 55.7 Å². The lowest BCUT2D eigenvalue weighted by Crippen LogP contribution is -2.51. The molecule has 4 rings (SSSR count). The van der Waals surface area contributed by atoms with E-state index in [2.05, 4.69) is 10.2 Å². The highest BCUT2D eigenvalue weighted by atomic mass is 19.3. The summed E-state index contributed by atoms with van der Waals surface area (Å²) in [6.07, 6.45) is 3.08. The molecule has 0 unspecified atom stereocenters. The molecule has 3 fully saturated rings. The van der Waals surface area contributed by atoms with Gasteiger partial charge >= 0.3 is 0 Å². The number of ether oxygens (including phenoxy) is 1. The Hall–Kier alpha value is -2.10. The van der Waals surface area contributed by atoms with Crippen LogP contribution in [-0.2, 0) is 14.3 Å². The molecule has 9 heteroatoms. The van der Waals surface area contributed by atoms with Gasteiger partial charge in [0.25, 0.3) is 12.3 Å². The number of morpholine rings is 1. The molecule has 2 aliphatic carbocycles. The van der Waals surface area contributed by atoms with E-state index >= 15 is 0 Å². The maximum atomic E-state index is 13.9. The predicted molar refractivity (Wildman–Crippen MR) is 118 cm³/mol. The quantitative estimate of drug-likeness (QED) is 0.572. The van der Waals surface area contributed by atoms with Crippen molar-refractivity contribution in [3.8, 4) is 0 Å². The molecule has 176 valence electrons. The van der Waals surface area contributed by atoms with Crippen LogP contribution < -0.4 is 16.0 Å². The Kier molecular flexibility index (Phi) is 7.37. The van der Waals surface area contributed by atoms with Crippen molar-refractivity contribution in [2.75, 3.05) is 49.6 Å². The molecule has 7 nitrogen and oxygen atoms in total. The summed E-state index contributed by atoms with van der Waals surface area (Å²) < 4.78 is 32.8.